The molecule has 1 aromatic rings. The van der Waals surface area contributed by atoms with Crippen LogP contribution in [-0.4, -0.2) is 38.2 Å². The molecule has 122 valence electrons. The molecule has 1 amide bonds. The van der Waals surface area contributed by atoms with Crippen molar-refractivity contribution in [3.63, 3.8) is 0 Å². The number of anilines is 1. The number of ether oxygens (including phenoxy) is 2. The van der Waals surface area contributed by atoms with Crippen LogP contribution in [0.5, 0.6) is 5.75 Å². The van der Waals surface area contributed by atoms with Crippen LogP contribution in [0.25, 0.3) is 0 Å². The summed E-state index contributed by atoms with van der Waals surface area (Å²) in [6.07, 6.45) is 1.89. The average molecular weight is 329 g/mol. The van der Waals surface area contributed by atoms with Crippen molar-refractivity contribution in [2.75, 3.05) is 25.6 Å². The smallest absolute Gasteiger partial charge is 0.343 e. The molecule has 1 saturated heterocycles. The van der Waals surface area contributed by atoms with Crippen molar-refractivity contribution >= 4 is 30.0 Å². The Kier molecular flexibility index (Phi) is 7.14. The minimum atomic E-state index is -0.433. The number of carbonyl (C=O) groups excluding carboxylic acids is 2. The Balaban J connectivity index is 0.00000242. The molecule has 22 heavy (non-hydrogen) atoms. The van der Waals surface area contributed by atoms with E-state index in [2.05, 4.69) is 15.4 Å². The Labute approximate surface area is 136 Å². The fraction of sp³-hybridized carbons (Fsp3) is 0.467. The largest absolute Gasteiger partial charge is 0.482 e. The van der Waals surface area contributed by atoms with E-state index in [0.29, 0.717) is 5.75 Å². The Morgan fingerprint density at radius 2 is 2.18 bits per heavy atom. The number of carbonyl (C=O) groups is 2. The van der Waals surface area contributed by atoms with E-state index in [9.17, 15) is 9.59 Å². The Morgan fingerprint density at radius 1 is 1.41 bits per heavy atom. The van der Waals surface area contributed by atoms with Crippen LogP contribution < -0.4 is 15.4 Å². The van der Waals surface area contributed by atoms with Gasteiger partial charge in [0.05, 0.1) is 13.2 Å². The van der Waals surface area contributed by atoms with Crippen molar-refractivity contribution in [2.45, 2.75) is 25.8 Å². The van der Waals surface area contributed by atoms with Crippen molar-refractivity contribution in [3.05, 3.63) is 23.8 Å². The van der Waals surface area contributed by atoms with Gasteiger partial charge in [-0.05, 0) is 50.1 Å². The summed E-state index contributed by atoms with van der Waals surface area (Å²) in [5, 5.41) is 6.07. The van der Waals surface area contributed by atoms with Gasteiger partial charge in [0.2, 0.25) is 5.91 Å². The standard InChI is InChI=1S/C15H20N2O4.ClH/c1-10-8-11(21-9-14(18)20-2)5-6-12(10)17-15(19)13-4-3-7-16-13;/h5-6,8,13,16H,3-4,7,9H2,1-2H3,(H,17,19);1H. The van der Waals surface area contributed by atoms with Crippen LogP contribution in [0.3, 0.4) is 0 Å². The number of hydrogen-bond donors (Lipinski definition) is 2. The molecule has 1 heterocycles. The van der Waals surface area contributed by atoms with Gasteiger partial charge in [-0.2, -0.15) is 0 Å². The Morgan fingerprint density at radius 3 is 2.77 bits per heavy atom. The number of hydrogen-bond acceptors (Lipinski definition) is 5. The molecule has 0 saturated carbocycles. The van der Waals surface area contributed by atoms with E-state index in [4.69, 9.17) is 4.74 Å². The fourth-order valence-corrected chi connectivity index (χ4v) is 2.20. The molecule has 1 aliphatic rings. The maximum absolute atomic E-state index is 12.0. The predicted octanol–water partition coefficient (Wildman–Crippen LogP) is 1.66. The summed E-state index contributed by atoms with van der Waals surface area (Å²) in [5.41, 5.74) is 1.63. The van der Waals surface area contributed by atoms with Crippen LogP contribution in [0, 0.1) is 6.92 Å². The molecule has 1 fully saturated rings. The van der Waals surface area contributed by atoms with Gasteiger partial charge in [-0.3, -0.25) is 4.79 Å². The minimum Gasteiger partial charge on any atom is -0.482 e. The van der Waals surface area contributed by atoms with E-state index in [1.807, 2.05) is 6.92 Å². The molecule has 1 aromatic carbocycles. The minimum absolute atomic E-state index is 0. The first-order valence-electron chi connectivity index (χ1n) is 6.94. The van der Waals surface area contributed by atoms with E-state index in [1.54, 1.807) is 18.2 Å². The van der Waals surface area contributed by atoms with Gasteiger partial charge in [-0.25, -0.2) is 4.79 Å². The number of esters is 1. The third kappa shape index (κ3) is 4.89. The summed E-state index contributed by atoms with van der Waals surface area (Å²) in [4.78, 5) is 23.1. The number of benzene rings is 1. The van der Waals surface area contributed by atoms with Crippen molar-refractivity contribution in [1.82, 2.24) is 5.32 Å². The monoisotopic (exact) mass is 328 g/mol. The van der Waals surface area contributed by atoms with Gasteiger partial charge in [0.25, 0.3) is 0 Å². The number of amides is 1. The maximum Gasteiger partial charge on any atom is 0.343 e. The van der Waals surface area contributed by atoms with Crippen molar-refractivity contribution < 1.29 is 19.1 Å². The lowest BCUT2D eigenvalue weighted by atomic mass is 10.1. The summed E-state index contributed by atoms with van der Waals surface area (Å²) in [7, 11) is 1.31. The van der Waals surface area contributed by atoms with Crippen molar-refractivity contribution in [3.8, 4) is 5.75 Å². The van der Waals surface area contributed by atoms with Gasteiger partial charge in [0.15, 0.2) is 6.61 Å². The molecule has 6 nitrogen and oxygen atoms in total. The van der Waals surface area contributed by atoms with Gasteiger partial charge in [0.1, 0.15) is 5.75 Å². The van der Waals surface area contributed by atoms with Crippen molar-refractivity contribution in [1.29, 1.82) is 0 Å². The van der Waals surface area contributed by atoms with E-state index < -0.39 is 5.97 Å². The molecule has 0 bridgehead atoms. The third-order valence-corrected chi connectivity index (χ3v) is 3.42. The summed E-state index contributed by atoms with van der Waals surface area (Å²) in [6.45, 7) is 2.63. The zero-order valence-corrected chi connectivity index (χ0v) is 13.5. The zero-order chi connectivity index (χ0) is 15.2. The number of rotatable bonds is 5. The first-order chi connectivity index (χ1) is 10.1. The molecule has 0 aromatic heterocycles. The topological polar surface area (TPSA) is 76.7 Å². The van der Waals surface area contributed by atoms with Gasteiger partial charge in [0, 0.05) is 5.69 Å². The molecule has 2 rings (SSSR count). The molecule has 1 aliphatic heterocycles. The number of methoxy groups -OCH3 is 1. The second-order valence-electron chi connectivity index (χ2n) is 4.98. The van der Waals surface area contributed by atoms with Crippen LogP contribution in [0.2, 0.25) is 0 Å². The maximum atomic E-state index is 12.0. The van der Waals surface area contributed by atoms with Crippen LogP contribution in [0.4, 0.5) is 5.69 Å². The third-order valence-electron chi connectivity index (χ3n) is 3.42. The molecule has 1 unspecified atom stereocenters. The highest BCUT2D eigenvalue weighted by Gasteiger charge is 2.22. The van der Waals surface area contributed by atoms with Crippen molar-refractivity contribution in [2.24, 2.45) is 0 Å². The number of nitrogens with one attached hydrogen (secondary N) is 2. The van der Waals surface area contributed by atoms with E-state index in [0.717, 1.165) is 30.6 Å². The number of halogens is 1. The highest BCUT2D eigenvalue weighted by molar-refractivity contribution is 5.95. The van der Waals surface area contributed by atoms with E-state index in [1.165, 1.54) is 7.11 Å². The molecule has 0 spiro atoms. The van der Waals surface area contributed by atoms with Gasteiger partial charge in [-0.1, -0.05) is 0 Å². The highest BCUT2D eigenvalue weighted by Crippen LogP contribution is 2.22. The molecule has 1 atom stereocenters. The summed E-state index contributed by atoms with van der Waals surface area (Å²) < 4.78 is 9.81. The predicted molar refractivity (Wildman–Crippen MR) is 85.6 cm³/mol. The molecule has 7 heteroatoms. The number of aryl methyl sites for hydroxylation is 1. The van der Waals surface area contributed by atoms with E-state index >= 15 is 0 Å². The van der Waals surface area contributed by atoms with Crippen LogP contribution in [0.15, 0.2) is 18.2 Å². The second kappa shape index (κ2) is 8.60. The SMILES string of the molecule is COC(=O)COc1ccc(NC(=O)C2CCCN2)c(C)c1.Cl. The van der Waals surface area contributed by atoms with E-state index in [-0.39, 0.29) is 31.0 Å². The Hall–Kier alpha value is -1.79. The quantitative estimate of drug-likeness (QED) is 0.804. The molecule has 2 N–H and O–H groups in total. The second-order valence-corrected chi connectivity index (χ2v) is 4.98. The highest BCUT2D eigenvalue weighted by atomic mass is 35.5. The molecular formula is C15H21ClN2O4. The van der Waals surface area contributed by atoms with Crippen LogP contribution >= 0.6 is 12.4 Å². The first kappa shape index (κ1) is 18.3. The summed E-state index contributed by atoms with van der Waals surface area (Å²) >= 11 is 0. The lowest BCUT2D eigenvalue weighted by Crippen LogP contribution is -2.35. The molecule has 0 radical (unpaired) electrons. The fourth-order valence-electron chi connectivity index (χ4n) is 2.20. The molecular weight excluding hydrogens is 308 g/mol. The van der Waals surface area contributed by atoms with Gasteiger partial charge >= 0.3 is 5.97 Å². The molecule has 0 aliphatic carbocycles. The summed E-state index contributed by atoms with van der Waals surface area (Å²) in [5.74, 6) is 0.117. The lowest BCUT2D eigenvalue weighted by Gasteiger charge is -2.14. The van der Waals surface area contributed by atoms with Crippen LogP contribution in [-0.2, 0) is 14.3 Å². The lowest BCUT2D eigenvalue weighted by molar-refractivity contribution is -0.142. The van der Waals surface area contributed by atoms with Gasteiger partial charge in [-0.15, -0.1) is 12.4 Å². The average Bonchev–Trinajstić information content (AvgIpc) is 3.01. The summed E-state index contributed by atoms with van der Waals surface area (Å²) in [6, 6.07) is 5.16. The van der Waals surface area contributed by atoms with Crippen LogP contribution in [0.1, 0.15) is 18.4 Å². The Bertz CT molecular complexity index is 530. The van der Waals surface area contributed by atoms with Gasteiger partial charge < -0.3 is 20.1 Å². The first-order valence-corrected chi connectivity index (χ1v) is 6.94. The zero-order valence-electron chi connectivity index (χ0n) is 12.7. The normalized spacial score (nSPS) is 16.5.